The smallest absolute Gasteiger partial charge is 0.0326 e. The van der Waals surface area contributed by atoms with Crippen molar-refractivity contribution in [3.63, 3.8) is 0 Å². The maximum absolute atomic E-state index is 3.52. The van der Waals surface area contributed by atoms with Crippen molar-refractivity contribution in [2.24, 2.45) is 0 Å². The Morgan fingerprint density at radius 3 is 2.00 bits per heavy atom. The Bertz CT molecular complexity index is 573. The first kappa shape index (κ1) is 15.8. The Kier molecular flexibility index (Phi) is 5.19. The molecule has 0 aliphatic carbocycles. The first-order valence-electron chi connectivity index (χ1n) is 7.83. The number of nitrogens with one attached hydrogen (secondary N) is 1. The lowest BCUT2D eigenvalue weighted by Crippen LogP contribution is -2.20. The van der Waals surface area contributed by atoms with E-state index in [0.717, 1.165) is 12.8 Å². The molecule has 1 nitrogen and oxygen atoms in total. The molecule has 0 aliphatic rings. The van der Waals surface area contributed by atoms with Crippen LogP contribution in [0, 0.1) is 27.7 Å². The van der Waals surface area contributed by atoms with Crippen LogP contribution in [0.15, 0.2) is 36.4 Å². The van der Waals surface area contributed by atoms with Crippen molar-refractivity contribution in [1.29, 1.82) is 0 Å². The van der Waals surface area contributed by atoms with E-state index in [0.29, 0.717) is 6.04 Å². The van der Waals surface area contributed by atoms with Crippen molar-refractivity contribution in [1.82, 2.24) is 5.32 Å². The largest absolute Gasteiger partial charge is 0.313 e. The summed E-state index contributed by atoms with van der Waals surface area (Å²) in [6.45, 7) is 8.94. The van der Waals surface area contributed by atoms with Gasteiger partial charge in [0.25, 0.3) is 0 Å². The van der Waals surface area contributed by atoms with Gasteiger partial charge in [-0.1, -0.05) is 36.4 Å². The molecule has 1 unspecified atom stereocenters. The van der Waals surface area contributed by atoms with Gasteiger partial charge >= 0.3 is 0 Å². The van der Waals surface area contributed by atoms with Crippen molar-refractivity contribution in [3.05, 3.63) is 69.8 Å². The van der Waals surface area contributed by atoms with Gasteiger partial charge in [-0.15, -0.1) is 0 Å². The fourth-order valence-corrected chi connectivity index (χ4v) is 3.16. The van der Waals surface area contributed by atoms with Crippen LogP contribution in [0.4, 0.5) is 0 Å². The molecule has 1 heteroatoms. The van der Waals surface area contributed by atoms with Gasteiger partial charge in [-0.25, -0.2) is 0 Å². The van der Waals surface area contributed by atoms with Crippen molar-refractivity contribution in [2.45, 2.75) is 46.6 Å². The summed E-state index contributed by atoms with van der Waals surface area (Å²) in [4.78, 5) is 0. The van der Waals surface area contributed by atoms with E-state index in [2.05, 4.69) is 76.5 Å². The summed E-state index contributed by atoms with van der Waals surface area (Å²) in [6, 6.07) is 13.5. The van der Waals surface area contributed by atoms with E-state index in [9.17, 15) is 0 Å². The molecular formula is C20H27N. The molecule has 0 amide bonds. The van der Waals surface area contributed by atoms with Crippen LogP contribution in [0.5, 0.6) is 0 Å². The number of aryl methyl sites for hydroxylation is 3. The summed E-state index contributed by atoms with van der Waals surface area (Å²) in [5, 5.41) is 3.52. The van der Waals surface area contributed by atoms with Gasteiger partial charge < -0.3 is 5.32 Å². The molecule has 21 heavy (non-hydrogen) atoms. The molecule has 2 rings (SSSR count). The van der Waals surface area contributed by atoms with Crippen LogP contribution in [0.1, 0.15) is 45.8 Å². The molecular weight excluding hydrogens is 254 g/mol. The predicted octanol–water partition coefficient (Wildman–Crippen LogP) is 4.81. The van der Waals surface area contributed by atoms with E-state index in [4.69, 9.17) is 0 Å². The van der Waals surface area contributed by atoms with Crippen LogP contribution < -0.4 is 5.32 Å². The molecule has 0 radical (unpaired) electrons. The van der Waals surface area contributed by atoms with Crippen molar-refractivity contribution < 1.29 is 0 Å². The van der Waals surface area contributed by atoms with E-state index in [-0.39, 0.29) is 0 Å². The Morgan fingerprint density at radius 2 is 1.48 bits per heavy atom. The van der Waals surface area contributed by atoms with E-state index in [1.165, 1.54) is 33.4 Å². The molecule has 2 aromatic rings. The SMILES string of the molecule is CNC(CCc1ccccc1)c1c(C)c(C)cc(C)c1C. The third-order valence-corrected chi connectivity index (χ3v) is 4.69. The lowest BCUT2D eigenvalue weighted by Gasteiger charge is -2.24. The molecule has 0 saturated carbocycles. The highest BCUT2D eigenvalue weighted by molar-refractivity contribution is 5.45. The monoisotopic (exact) mass is 281 g/mol. The fraction of sp³-hybridized carbons (Fsp3) is 0.400. The summed E-state index contributed by atoms with van der Waals surface area (Å²) < 4.78 is 0. The Balaban J connectivity index is 2.26. The van der Waals surface area contributed by atoms with E-state index in [1.807, 2.05) is 0 Å². The molecule has 112 valence electrons. The molecule has 1 N–H and O–H groups in total. The first-order valence-corrected chi connectivity index (χ1v) is 7.83. The van der Waals surface area contributed by atoms with Crippen LogP contribution in [-0.4, -0.2) is 7.05 Å². The lowest BCUT2D eigenvalue weighted by molar-refractivity contribution is 0.543. The quantitative estimate of drug-likeness (QED) is 0.829. The van der Waals surface area contributed by atoms with Crippen LogP contribution >= 0.6 is 0 Å². The van der Waals surface area contributed by atoms with E-state index >= 15 is 0 Å². The zero-order valence-corrected chi connectivity index (χ0v) is 14.0. The van der Waals surface area contributed by atoms with Crippen LogP contribution in [0.25, 0.3) is 0 Å². The summed E-state index contributed by atoms with van der Waals surface area (Å²) in [5.74, 6) is 0. The summed E-state index contributed by atoms with van der Waals surface area (Å²) >= 11 is 0. The number of hydrogen-bond acceptors (Lipinski definition) is 1. The highest BCUT2D eigenvalue weighted by Crippen LogP contribution is 2.29. The summed E-state index contributed by atoms with van der Waals surface area (Å²) in [7, 11) is 2.08. The molecule has 0 bridgehead atoms. The lowest BCUT2D eigenvalue weighted by atomic mass is 9.87. The van der Waals surface area contributed by atoms with Crippen molar-refractivity contribution >= 4 is 0 Å². The molecule has 0 aromatic heterocycles. The summed E-state index contributed by atoms with van der Waals surface area (Å²) in [5.41, 5.74) is 8.57. The molecule has 2 aromatic carbocycles. The van der Waals surface area contributed by atoms with Gasteiger partial charge in [-0.3, -0.25) is 0 Å². The minimum Gasteiger partial charge on any atom is -0.313 e. The second-order valence-electron chi connectivity index (χ2n) is 6.04. The standard InChI is InChI=1S/C20H27N/c1-14-13-15(2)17(4)20(16(14)3)19(21-5)12-11-18-9-7-6-8-10-18/h6-10,13,19,21H,11-12H2,1-5H3. The molecule has 0 spiro atoms. The van der Waals surface area contributed by atoms with E-state index < -0.39 is 0 Å². The second kappa shape index (κ2) is 6.91. The Hall–Kier alpha value is -1.60. The van der Waals surface area contributed by atoms with E-state index in [1.54, 1.807) is 0 Å². The third-order valence-electron chi connectivity index (χ3n) is 4.69. The molecule has 1 atom stereocenters. The second-order valence-corrected chi connectivity index (χ2v) is 6.04. The Labute approximate surface area is 129 Å². The Morgan fingerprint density at radius 1 is 0.905 bits per heavy atom. The minimum atomic E-state index is 0.420. The predicted molar refractivity (Wildman–Crippen MR) is 92.0 cm³/mol. The number of hydrogen-bond donors (Lipinski definition) is 1. The van der Waals surface area contributed by atoms with Gasteiger partial charge in [0.1, 0.15) is 0 Å². The van der Waals surface area contributed by atoms with Gasteiger partial charge in [0.15, 0.2) is 0 Å². The van der Waals surface area contributed by atoms with Gasteiger partial charge in [0.05, 0.1) is 0 Å². The maximum Gasteiger partial charge on any atom is 0.0326 e. The van der Waals surface area contributed by atoms with Crippen LogP contribution in [-0.2, 0) is 6.42 Å². The maximum atomic E-state index is 3.52. The average Bonchev–Trinajstić information content (AvgIpc) is 2.49. The molecule has 0 heterocycles. The topological polar surface area (TPSA) is 12.0 Å². The van der Waals surface area contributed by atoms with Crippen molar-refractivity contribution in [3.8, 4) is 0 Å². The van der Waals surface area contributed by atoms with Gasteiger partial charge in [0.2, 0.25) is 0 Å². The zero-order valence-electron chi connectivity index (χ0n) is 14.0. The van der Waals surface area contributed by atoms with Gasteiger partial charge in [0, 0.05) is 6.04 Å². The normalized spacial score (nSPS) is 12.4. The number of benzene rings is 2. The average molecular weight is 281 g/mol. The zero-order chi connectivity index (χ0) is 15.4. The number of rotatable bonds is 5. The first-order chi connectivity index (χ1) is 10.0. The van der Waals surface area contributed by atoms with Gasteiger partial charge in [-0.2, -0.15) is 0 Å². The molecule has 0 aliphatic heterocycles. The van der Waals surface area contributed by atoms with Crippen molar-refractivity contribution in [2.75, 3.05) is 7.05 Å². The highest BCUT2D eigenvalue weighted by atomic mass is 14.9. The van der Waals surface area contributed by atoms with Gasteiger partial charge in [-0.05, 0) is 81.0 Å². The molecule has 0 fully saturated rings. The fourth-order valence-electron chi connectivity index (χ4n) is 3.16. The highest BCUT2D eigenvalue weighted by Gasteiger charge is 2.17. The third kappa shape index (κ3) is 3.54. The summed E-state index contributed by atoms with van der Waals surface area (Å²) in [6.07, 6.45) is 2.24. The van der Waals surface area contributed by atoms with Crippen LogP contribution in [0.3, 0.4) is 0 Å². The molecule has 0 saturated heterocycles. The van der Waals surface area contributed by atoms with Crippen LogP contribution in [0.2, 0.25) is 0 Å². The minimum absolute atomic E-state index is 0.420.